The summed E-state index contributed by atoms with van der Waals surface area (Å²) in [5.41, 5.74) is 9.25. The highest BCUT2D eigenvalue weighted by atomic mass is 16.4. The summed E-state index contributed by atoms with van der Waals surface area (Å²) in [4.78, 5) is 0. The third kappa shape index (κ3) is 4.51. The third-order valence-corrected chi connectivity index (χ3v) is 7.73. The Morgan fingerprint density at radius 1 is 0.938 bits per heavy atom. The first-order chi connectivity index (χ1) is 15.4. The standard InChI is InChI=1S/C28H38O4/c1-3-4-6-23-22-8-5-7-21(22)19(13-18-11-9-17(2)10-12-18)14-24(23)25-15-20(16-29)26(30)28(32)27(25)31/h9-12,14,20,25-32H,3-8,13,15-16H2,1-2H3. The number of unbranched alkanes of at least 4 members (excludes halogenated alkanes) is 1. The van der Waals surface area contributed by atoms with Gasteiger partial charge in [0.1, 0.15) is 6.10 Å². The van der Waals surface area contributed by atoms with Crippen molar-refractivity contribution >= 4 is 0 Å². The fraction of sp³-hybridized carbons (Fsp3) is 0.571. The molecule has 2 aromatic carbocycles. The molecule has 0 aliphatic heterocycles. The van der Waals surface area contributed by atoms with E-state index in [-0.39, 0.29) is 12.5 Å². The highest BCUT2D eigenvalue weighted by Crippen LogP contribution is 2.43. The molecular weight excluding hydrogens is 400 g/mol. The van der Waals surface area contributed by atoms with Gasteiger partial charge < -0.3 is 20.4 Å². The van der Waals surface area contributed by atoms with Crippen molar-refractivity contribution in [2.75, 3.05) is 6.61 Å². The molecule has 2 aliphatic carbocycles. The summed E-state index contributed by atoms with van der Waals surface area (Å²) in [5, 5.41) is 41.7. The molecular formula is C28H38O4. The maximum Gasteiger partial charge on any atom is 0.107 e. The lowest BCUT2D eigenvalue weighted by molar-refractivity contribution is -0.127. The minimum atomic E-state index is -1.24. The molecule has 0 amide bonds. The Labute approximate surface area is 191 Å². The van der Waals surface area contributed by atoms with Gasteiger partial charge in [-0.15, -0.1) is 0 Å². The van der Waals surface area contributed by atoms with E-state index >= 15 is 0 Å². The molecule has 1 saturated carbocycles. The van der Waals surface area contributed by atoms with E-state index in [1.807, 2.05) is 0 Å². The molecule has 32 heavy (non-hydrogen) atoms. The van der Waals surface area contributed by atoms with E-state index in [0.29, 0.717) is 6.42 Å². The van der Waals surface area contributed by atoms with Crippen molar-refractivity contribution in [1.82, 2.24) is 0 Å². The van der Waals surface area contributed by atoms with Crippen LogP contribution in [-0.2, 0) is 25.7 Å². The van der Waals surface area contributed by atoms with E-state index in [9.17, 15) is 20.4 Å². The van der Waals surface area contributed by atoms with Crippen LogP contribution in [0.15, 0.2) is 30.3 Å². The molecule has 5 unspecified atom stereocenters. The molecule has 1 fully saturated rings. The quantitative estimate of drug-likeness (QED) is 0.533. The van der Waals surface area contributed by atoms with Crippen LogP contribution in [0.4, 0.5) is 0 Å². The first kappa shape index (κ1) is 23.4. The second kappa shape index (κ2) is 10.0. The molecule has 0 bridgehead atoms. The Kier molecular flexibility index (Phi) is 7.36. The molecule has 2 aromatic rings. The zero-order valence-electron chi connectivity index (χ0n) is 19.4. The normalized spacial score (nSPS) is 27.5. The maximum atomic E-state index is 11.0. The Hall–Kier alpha value is -1.72. The van der Waals surface area contributed by atoms with Gasteiger partial charge in [-0.25, -0.2) is 0 Å². The summed E-state index contributed by atoms with van der Waals surface area (Å²) in [7, 11) is 0. The molecule has 0 heterocycles. The van der Waals surface area contributed by atoms with Crippen molar-refractivity contribution < 1.29 is 20.4 Å². The first-order valence-electron chi connectivity index (χ1n) is 12.3. The third-order valence-electron chi connectivity index (χ3n) is 7.73. The van der Waals surface area contributed by atoms with Crippen molar-refractivity contribution in [2.24, 2.45) is 5.92 Å². The Bertz CT molecular complexity index is 918. The minimum absolute atomic E-state index is 0.188. The van der Waals surface area contributed by atoms with Crippen LogP contribution in [0.3, 0.4) is 0 Å². The van der Waals surface area contributed by atoms with Crippen LogP contribution in [-0.4, -0.2) is 45.3 Å². The number of hydrogen-bond donors (Lipinski definition) is 4. The largest absolute Gasteiger partial charge is 0.396 e. The first-order valence-corrected chi connectivity index (χ1v) is 12.3. The molecule has 4 rings (SSSR count). The van der Waals surface area contributed by atoms with Crippen LogP contribution in [0.25, 0.3) is 0 Å². The van der Waals surface area contributed by atoms with Gasteiger partial charge in [0.05, 0.1) is 12.2 Å². The van der Waals surface area contributed by atoms with Gasteiger partial charge >= 0.3 is 0 Å². The van der Waals surface area contributed by atoms with Gasteiger partial charge in [-0.1, -0.05) is 49.2 Å². The lowest BCUT2D eigenvalue weighted by Crippen LogP contribution is -2.51. The van der Waals surface area contributed by atoms with Gasteiger partial charge in [0.2, 0.25) is 0 Å². The van der Waals surface area contributed by atoms with E-state index in [1.165, 1.54) is 33.4 Å². The van der Waals surface area contributed by atoms with E-state index < -0.39 is 24.2 Å². The van der Waals surface area contributed by atoms with Gasteiger partial charge in [-0.3, -0.25) is 0 Å². The molecule has 4 nitrogen and oxygen atoms in total. The van der Waals surface area contributed by atoms with Crippen molar-refractivity contribution in [3.8, 4) is 0 Å². The monoisotopic (exact) mass is 438 g/mol. The highest BCUT2D eigenvalue weighted by Gasteiger charge is 2.44. The molecule has 5 atom stereocenters. The van der Waals surface area contributed by atoms with Crippen molar-refractivity contribution in [2.45, 2.75) is 89.4 Å². The van der Waals surface area contributed by atoms with Crippen molar-refractivity contribution in [3.63, 3.8) is 0 Å². The van der Waals surface area contributed by atoms with E-state index in [2.05, 4.69) is 44.2 Å². The minimum Gasteiger partial charge on any atom is -0.396 e. The van der Waals surface area contributed by atoms with Crippen LogP contribution in [0.1, 0.15) is 77.5 Å². The molecule has 0 aromatic heterocycles. The molecule has 2 aliphatic rings. The van der Waals surface area contributed by atoms with Gasteiger partial charge in [0, 0.05) is 18.4 Å². The summed E-state index contributed by atoms with van der Waals surface area (Å²) < 4.78 is 0. The average Bonchev–Trinajstić information content (AvgIpc) is 3.29. The Balaban J connectivity index is 1.79. The average molecular weight is 439 g/mol. The fourth-order valence-electron chi connectivity index (χ4n) is 5.85. The topological polar surface area (TPSA) is 80.9 Å². The number of rotatable bonds is 7. The number of benzene rings is 2. The predicted octanol–water partition coefficient (Wildman–Crippen LogP) is 3.60. The number of aliphatic hydroxyl groups is 4. The summed E-state index contributed by atoms with van der Waals surface area (Å²) in [6.07, 6.45) is 4.49. The van der Waals surface area contributed by atoms with Gasteiger partial charge in [-0.2, -0.15) is 0 Å². The fourth-order valence-corrected chi connectivity index (χ4v) is 5.85. The Morgan fingerprint density at radius 3 is 2.34 bits per heavy atom. The maximum absolute atomic E-state index is 11.0. The summed E-state index contributed by atoms with van der Waals surface area (Å²) in [6, 6.07) is 11.0. The Morgan fingerprint density at radius 2 is 1.66 bits per heavy atom. The van der Waals surface area contributed by atoms with Gasteiger partial charge in [0.15, 0.2) is 0 Å². The molecule has 0 saturated heterocycles. The van der Waals surface area contributed by atoms with Crippen LogP contribution in [0, 0.1) is 12.8 Å². The zero-order chi connectivity index (χ0) is 22.8. The van der Waals surface area contributed by atoms with Crippen LogP contribution in [0.5, 0.6) is 0 Å². The molecule has 0 spiro atoms. The second-order valence-corrected chi connectivity index (χ2v) is 9.94. The molecule has 174 valence electrons. The van der Waals surface area contributed by atoms with E-state index in [0.717, 1.165) is 50.5 Å². The number of hydrogen-bond acceptors (Lipinski definition) is 4. The van der Waals surface area contributed by atoms with E-state index in [1.54, 1.807) is 0 Å². The molecule has 4 N–H and O–H groups in total. The van der Waals surface area contributed by atoms with Crippen molar-refractivity contribution in [1.29, 1.82) is 0 Å². The SMILES string of the molecule is CCCCc1c(C2CC(CO)C(O)C(O)C2O)cc(Cc2ccc(C)cc2)c2c1CCC2. The second-order valence-electron chi connectivity index (χ2n) is 9.94. The number of fused-ring (bicyclic) bond motifs is 1. The summed E-state index contributed by atoms with van der Waals surface area (Å²) >= 11 is 0. The van der Waals surface area contributed by atoms with Crippen LogP contribution < -0.4 is 0 Å². The smallest absolute Gasteiger partial charge is 0.107 e. The number of aryl methyl sites for hydroxylation is 1. The van der Waals surface area contributed by atoms with E-state index in [4.69, 9.17) is 0 Å². The van der Waals surface area contributed by atoms with Gasteiger partial charge in [-0.05, 0) is 85.3 Å². The van der Waals surface area contributed by atoms with Crippen LogP contribution in [0.2, 0.25) is 0 Å². The van der Waals surface area contributed by atoms with Gasteiger partial charge in [0.25, 0.3) is 0 Å². The van der Waals surface area contributed by atoms with Crippen molar-refractivity contribution in [3.05, 3.63) is 69.3 Å². The highest BCUT2D eigenvalue weighted by molar-refractivity contribution is 5.52. The van der Waals surface area contributed by atoms with Crippen LogP contribution >= 0.6 is 0 Å². The summed E-state index contributed by atoms with van der Waals surface area (Å²) in [5.74, 6) is -0.702. The number of aliphatic hydroxyl groups excluding tert-OH is 4. The lowest BCUT2D eigenvalue weighted by Gasteiger charge is -2.41. The molecule has 4 heteroatoms. The predicted molar refractivity (Wildman–Crippen MR) is 127 cm³/mol. The molecule has 0 radical (unpaired) electrons. The lowest BCUT2D eigenvalue weighted by atomic mass is 9.70. The zero-order valence-corrected chi connectivity index (χ0v) is 19.4. The summed E-state index contributed by atoms with van der Waals surface area (Å²) in [6.45, 7) is 4.11.